The van der Waals surface area contributed by atoms with Crippen LogP contribution in [0, 0.1) is 0 Å². The van der Waals surface area contributed by atoms with Crippen molar-refractivity contribution in [3.8, 4) is 0 Å². The fourth-order valence-electron chi connectivity index (χ4n) is 2.70. The molecule has 1 heterocycles. The minimum atomic E-state index is -1.90. The van der Waals surface area contributed by atoms with Gasteiger partial charge >= 0.3 is 17.3 Å². The van der Waals surface area contributed by atoms with E-state index in [0.717, 1.165) is 12.8 Å². The Kier molecular flexibility index (Phi) is 11.6. The number of carbonyl (C=O) groups is 1. The summed E-state index contributed by atoms with van der Waals surface area (Å²) in [5.74, 6) is -0.258. The van der Waals surface area contributed by atoms with E-state index in [0.29, 0.717) is 12.2 Å². The minimum absolute atomic E-state index is 0.0257. The predicted molar refractivity (Wildman–Crippen MR) is 95.0 cm³/mol. The number of ether oxygens (including phenoxy) is 1. The van der Waals surface area contributed by atoms with Crippen LogP contribution in [0.5, 0.6) is 0 Å². The molecule has 0 aromatic rings. The highest BCUT2D eigenvalue weighted by molar-refractivity contribution is 7.75. The molecule has 1 aliphatic heterocycles. The smallest absolute Gasteiger partial charge is 0.417 e. The Morgan fingerprint density at radius 1 is 0.875 bits per heavy atom. The van der Waals surface area contributed by atoms with Crippen molar-refractivity contribution in [2.24, 2.45) is 0 Å². The van der Waals surface area contributed by atoms with Gasteiger partial charge in [0.05, 0.1) is 6.61 Å². The molecule has 24 heavy (non-hydrogen) atoms. The van der Waals surface area contributed by atoms with E-state index in [2.05, 4.69) is 6.92 Å². The Morgan fingerprint density at radius 3 is 1.96 bits per heavy atom. The summed E-state index contributed by atoms with van der Waals surface area (Å²) < 4.78 is 26.1. The Bertz CT molecular complexity index is 420. The third-order valence-electron chi connectivity index (χ3n) is 4.04. The molecule has 1 aliphatic rings. The summed E-state index contributed by atoms with van der Waals surface area (Å²) in [7, 11) is 0. The number of hydrogen-bond donors (Lipinski definition) is 0. The zero-order valence-electron chi connectivity index (χ0n) is 15.1. The standard InChI is InChI=1S/C18H32O5S/c1-3-5-6-7-8-9-10-11-12-13-14-15-16-17(18(19)21-4-2)23-24(20)22-16/h3-15H2,1-2H3. The van der Waals surface area contributed by atoms with Crippen LogP contribution in [0.1, 0.15) is 90.9 Å². The number of allylic oxidation sites excluding steroid dienone is 1. The summed E-state index contributed by atoms with van der Waals surface area (Å²) in [6.07, 6.45) is 14.4. The maximum atomic E-state index is 11.7. The van der Waals surface area contributed by atoms with Crippen molar-refractivity contribution in [2.45, 2.75) is 90.9 Å². The SMILES string of the molecule is CCCCCCCCCCCCCC1=C(C(=O)OCC)OS(=O)O1. The molecule has 140 valence electrons. The maximum absolute atomic E-state index is 11.7. The maximum Gasteiger partial charge on any atom is 0.417 e. The lowest BCUT2D eigenvalue weighted by atomic mass is 10.0. The molecule has 1 rings (SSSR count). The average molecular weight is 361 g/mol. The third kappa shape index (κ3) is 8.71. The van der Waals surface area contributed by atoms with Crippen molar-refractivity contribution in [1.29, 1.82) is 0 Å². The first kappa shape index (κ1) is 21.0. The van der Waals surface area contributed by atoms with Crippen LogP contribution in [-0.2, 0) is 29.3 Å². The van der Waals surface area contributed by atoms with Crippen LogP contribution >= 0.6 is 0 Å². The largest absolute Gasteiger partial charge is 0.460 e. The number of hydrogen-bond acceptors (Lipinski definition) is 5. The molecule has 1 atom stereocenters. The van der Waals surface area contributed by atoms with Gasteiger partial charge in [-0.3, -0.25) is 0 Å². The van der Waals surface area contributed by atoms with Crippen molar-refractivity contribution in [2.75, 3.05) is 6.61 Å². The first-order valence-electron chi connectivity index (χ1n) is 9.37. The van der Waals surface area contributed by atoms with Gasteiger partial charge < -0.3 is 13.1 Å². The van der Waals surface area contributed by atoms with Crippen LogP contribution in [0.15, 0.2) is 11.5 Å². The first-order valence-corrected chi connectivity index (χ1v) is 10.4. The molecule has 0 N–H and O–H groups in total. The molecule has 0 bridgehead atoms. The molecule has 0 saturated heterocycles. The van der Waals surface area contributed by atoms with Gasteiger partial charge in [-0.1, -0.05) is 71.1 Å². The predicted octanol–water partition coefficient (Wildman–Crippen LogP) is 5.09. The van der Waals surface area contributed by atoms with Crippen molar-refractivity contribution in [1.82, 2.24) is 0 Å². The topological polar surface area (TPSA) is 61.8 Å². The van der Waals surface area contributed by atoms with Gasteiger partial charge in [-0.25, -0.2) is 4.79 Å². The molecule has 0 aliphatic carbocycles. The third-order valence-corrected chi connectivity index (χ3v) is 4.68. The molecule has 0 aromatic carbocycles. The number of esters is 1. The molecular formula is C18H32O5S. The zero-order chi connectivity index (χ0) is 17.6. The summed E-state index contributed by atoms with van der Waals surface area (Å²) in [6, 6.07) is 0. The summed E-state index contributed by atoms with van der Waals surface area (Å²) in [5.41, 5.74) is 0. The average Bonchev–Trinajstić information content (AvgIpc) is 2.94. The van der Waals surface area contributed by atoms with E-state index in [9.17, 15) is 9.00 Å². The fraction of sp³-hybridized carbons (Fsp3) is 0.833. The van der Waals surface area contributed by atoms with E-state index < -0.39 is 17.3 Å². The fourth-order valence-corrected chi connectivity index (χ4v) is 3.36. The molecule has 0 fully saturated rings. The second kappa shape index (κ2) is 13.3. The van der Waals surface area contributed by atoms with Crippen molar-refractivity contribution < 1.29 is 22.1 Å². The van der Waals surface area contributed by atoms with Crippen LogP contribution < -0.4 is 0 Å². The Labute approximate surface area is 149 Å². The van der Waals surface area contributed by atoms with Crippen LogP contribution in [0.4, 0.5) is 0 Å². The van der Waals surface area contributed by atoms with E-state index in [1.807, 2.05) is 0 Å². The van der Waals surface area contributed by atoms with Gasteiger partial charge in [0, 0.05) is 6.42 Å². The second-order valence-corrected chi connectivity index (χ2v) is 6.87. The Morgan fingerprint density at radius 2 is 1.42 bits per heavy atom. The van der Waals surface area contributed by atoms with Gasteiger partial charge in [0.1, 0.15) is 0 Å². The molecular weight excluding hydrogens is 328 g/mol. The van der Waals surface area contributed by atoms with Gasteiger partial charge in [-0.2, -0.15) is 4.21 Å². The summed E-state index contributed by atoms with van der Waals surface area (Å²) in [6.45, 7) is 4.21. The molecule has 6 heteroatoms. The molecule has 1 unspecified atom stereocenters. The zero-order valence-corrected chi connectivity index (χ0v) is 16.0. The minimum Gasteiger partial charge on any atom is -0.460 e. The van der Waals surface area contributed by atoms with Crippen LogP contribution in [0.3, 0.4) is 0 Å². The van der Waals surface area contributed by atoms with Gasteiger partial charge in [0.15, 0.2) is 5.76 Å². The van der Waals surface area contributed by atoms with Crippen LogP contribution in [-0.4, -0.2) is 16.8 Å². The quantitative estimate of drug-likeness (QED) is 0.319. The van der Waals surface area contributed by atoms with Gasteiger partial charge in [0.2, 0.25) is 0 Å². The number of unbranched alkanes of at least 4 members (excludes halogenated alkanes) is 10. The lowest BCUT2D eigenvalue weighted by molar-refractivity contribution is -0.140. The molecule has 0 amide bonds. The van der Waals surface area contributed by atoms with Crippen LogP contribution in [0.25, 0.3) is 0 Å². The van der Waals surface area contributed by atoms with Gasteiger partial charge in [0.25, 0.3) is 5.76 Å². The highest BCUT2D eigenvalue weighted by atomic mass is 32.2. The van der Waals surface area contributed by atoms with Gasteiger partial charge in [-0.05, 0) is 13.3 Å². The summed E-state index contributed by atoms with van der Waals surface area (Å²) >= 11 is -1.90. The molecule has 0 saturated carbocycles. The summed E-state index contributed by atoms with van der Waals surface area (Å²) in [5, 5.41) is 0. The molecule has 0 radical (unpaired) electrons. The normalized spacial score (nSPS) is 16.8. The Balaban J connectivity index is 2.08. The van der Waals surface area contributed by atoms with Crippen molar-refractivity contribution in [3.63, 3.8) is 0 Å². The molecule has 0 aromatic heterocycles. The monoisotopic (exact) mass is 360 g/mol. The van der Waals surface area contributed by atoms with E-state index >= 15 is 0 Å². The second-order valence-electron chi connectivity index (χ2n) is 6.13. The van der Waals surface area contributed by atoms with E-state index in [1.165, 1.54) is 57.8 Å². The number of carbonyl (C=O) groups excluding carboxylic acids is 1. The summed E-state index contributed by atoms with van der Waals surface area (Å²) in [4.78, 5) is 11.7. The highest BCUT2D eigenvalue weighted by Crippen LogP contribution is 2.26. The first-order chi connectivity index (χ1) is 11.7. The lowest BCUT2D eigenvalue weighted by Crippen LogP contribution is -2.09. The van der Waals surface area contributed by atoms with E-state index in [-0.39, 0.29) is 12.4 Å². The highest BCUT2D eigenvalue weighted by Gasteiger charge is 2.31. The molecule has 0 spiro atoms. The van der Waals surface area contributed by atoms with Gasteiger partial charge in [-0.15, -0.1) is 0 Å². The van der Waals surface area contributed by atoms with Crippen molar-refractivity contribution in [3.05, 3.63) is 11.5 Å². The van der Waals surface area contributed by atoms with Crippen LogP contribution in [0.2, 0.25) is 0 Å². The van der Waals surface area contributed by atoms with E-state index in [4.69, 9.17) is 13.1 Å². The number of rotatable bonds is 14. The van der Waals surface area contributed by atoms with E-state index in [1.54, 1.807) is 6.92 Å². The lowest BCUT2D eigenvalue weighted by Gasteiger charge is -2.03. The molecule has 5 nitrogen and oxygen atoms in total. The Hall–Kier alpha value is -1.04. The van der Waals surface area contributed by atoms with Crippen molar-refractivity contribution >= 4 is 17.3 Å².